The molecular weight excluding hydrogens is 284 g/mol. The number of aromatic nitrogens is 1. The van der Waals surface area contributed by atoms with Crippen LogP contribution in [0.2, 0.25) is 0 Å². The zero-order valence-corrected chi connectivity index (χ0v) is 12.9. The van der Waals surface area contributed by atoms with E-state index in [1.54, 1.807) is 32.2 Å². The molecule has 0 unspecified atom stereocenters. The molecule has 1 aliphatic carbocycles. The number of ether oxygens (including phenoxy) is 1. The minimum Gasteiger partial charge on any atom is -0.481 e. The van der Waals surface area contributed by atoms with Crippen LogP contribution in [-0.4, -0.2) is 34.2 Å². The number of carbonyl (C=O) groups is 2. The predicted octanol–water partition coefficient (Wildman–Crippen LogP) is 2.70. The van der Waals surface area contributed by atoms with Gasteiger partial charge in [0.1, 0.15) is 11.4 Å². The Morgan fingerprint density at radius 3 is 2.59 bits per heavy atom. The second-order valence-electron chi connectivity index (χ2n) is 5.88. The monoisotopic (exact) mass is 306 g/mol. The van der Waals surface area contributed by atoms with Crippen molar-refractivity contribution in [2.45, 2.75) is 51.7 Å². The van der Waals surface area contributed by atoms with Crippen molar-refractivity contribution in [2.75, 3.05) is 5.32 Å². The van der Waals surface area contributed by atoms with Crippen LogP contribution in [0.3, 0.4) is 0 Å². The molecule has 1 heterocycles. The maximum Gasteiger partial charge on any atom is 0.342 e. The number of hydrogen-bond donors (Lipinski definition) is 2. The van der Waals surface area contributed by atoms with Crippen LogP contribution in [0.25, 0.3) is 0 Å². The lowest BCUT2D eigenvalue weighted by Gasteiger charge is -2.27. The van der Waals surface area contributed by atoms with Crippen molar-refractivity contribution in [3.63, 3.8) is 0 Å². The number of nitrogens with one attached hydrogen (secondary N) is 1. The van der Waals surface area contributed by atoms with Crippen LogP contribution in [0, 0.1) is 5.92 Å². The number of carboxylic acid groups (broad SMARTS) is 1. The van der Waals surface area contributed by atoms with Gasteiger partial charge < -0.3 is 15.2 Å². The van der Waals surface area contributed by atoms with E-state index in [0.717, 1.165) is 12.8 Å². The Hall–Kier alpha value is -2.11. The van der Waals surface area contributed by atoms with Crippen molar-refractivity contribution in [3.05, 3.63) is 23.9 Å². The largest absolute Gasteiger partial charge is 0.481 e. The van der Waals surface area contributed by atoms with Crippen LogP contribution in [-0.2, 0) is 9.53 Å². The van der Waals surface area contributed by atoms with Crippen LogP contribution in [0.15, 0.2) is 18.3 Å². The highest BCUT2D eigenvalue weighted by Gasteiger charge is 2.27. The number of anilines is 1. The lowest BCUT2D eigenvalue weighted by Crippen LogP contribution is -2.30. The third kappa shape index (κ3) is 4.19. The molecule has 6 nitrogen and oxygen atoms in total. The summed E-state index contributed by atoms with van der Waals surface area (Å²) in [5.74, 6) is -0.874. The topological polar surface area (TPSA) is 88.5 Å². The van der Waals surface area contributed by atoms with E-state index in [9.17, 15) is 9.59 Å². The molecule has 120 valence electrons. The first-order valence-electron chi connectivity index (χ1n) is 7.62. The van der Waals surface area contributed by atoms with Crippen molar-refractivity contribution in [2.24, 2.45) is 5.92 Å². The first-order valence-corrected chi connectivity index (χ1v) is 7.62. The maximum atomic E-state index is 12.1. The van der Waals surface area contributed by atoms with Gasteiger partial charge in [-0.1, -0.05) is 0 Å². The summed E-state index contributed by atoms with van der Waals surface area (Å²) in [6.45, 7) is 3.60. The molecule has 2 N–H and O–H groups in total. The van der Waals surface area contributed by atoms with E-state index in [1.807, 2.05) is 0 Å². The summed E-state index contributed by atoms with van der Waals surface area (Å²) in [7, 11) is 0. The van der Waals surface area contributed by atoms with Gasteiger partial charge >= 0.3 is 11.9 Å². The molecule has 0 bridgehead atoms. The van der Waals surface area contributed by atoms with E-state index in [4.69, 9.17) is 9.84 Å². The molecule has 0 spiro atoms. The normalized spacial score (nSPS) is 21.4. The number of pyridine rings is 1. The second-order valence-corrected chi connectivity index (χ2v) is 5.88. The van der Waals surface area contributed by atoms with Crippen molar-refractivity contribution < 1.29 is 19.4 Å². The van der Waals surface area contributed by atoms with E-state index in [1.165, 1.54) is 0 Å². The first-order chi connectivity index (χ1) is 10.5. The molecule has 1 aromatic rings. The highest BCUT2D eigenvalue weighted by molar-refractivity contribution is 5.94. The molecule has 0 amide bonds. The van der Waals surface area contributed by atoms with E-state index >= 15 is 0 Å². The van der Waals surface area contributed by atoms with Crippen molar-refractivity contribution in [3.8, 4) is 0 Å². The number of aliphatic carboxylic acids is 1. The third-order valence-electron chi connectivity index (χ3n) is 3.79. The minimum absolute atomic E-state index is 0.135. The lowest BCUT2D eigenvalue weighted by molar-refractivity contribution is -0.142. The second kappa shape index (κ2) is 7.24. The fraction of sp³-hybridized carbons (Fsp3) is 0.562. The summed E-state index contributed by atoms with van der Waals surface area (Å²) in [5.41, 5.74) is 0.413. The summed E-state index contributed by atoms with van der Waals surface area (Å²) < 4.78 is 5.22. The van der Waals surface area contributed by atoms with Gasteiger partial charge in [0.2, 0.25) is 0 Å². The number of esters is 1. The van der Waals surface area contributed by atoms with Gasteiger partial charge in [-0.05, 0) is 51.7 Å². The average Bonchev–Trinajstić information content (AvgIpc) is 2.47. The Kier molecular flexibility index (Phi) is 5.35. The Labute approximate surface area is 129 Å². The molecule has 0 radical (unpaired) electrons. The van der Waals surface area contributed by atoms with Crippen LogP contribution >= 0.6 is 0 Å². The third-order valence-corrected chi connectivity index (χ3v) is 3.79. The predicted molar refractivity (Wildman–Crippen MR) is 81.8 cm³/mol. The summed E-state index contributed by atoms with van der Waals surface area (Å²) >= 11 is 0. The number of rotatable bonds is 5. The Morgan fingerprint density at radius 2 is 2.00 bits per heavy atom. The van der Waals surface area contributed by atoms with Gasteiger partial charge in [0.15, 0.2) is 0 Å². The highest BCUT2D eigenvalue weighted by atomic mass is 16.5. The maximum absolute atomic E-state index is 12.1. The van der Waals surface area contributed by atoms with E-state index in [0.29, 0.717) is 24.2 Å². The molecule has 0 aromatic carbocycles. The van der Waals surface area contributed by atoms with Gasteiger partial charge in [-0.3, -0.25) is 4.79 Å². The van der Waals surface area contributed by atoms with E-state index in [-0.39, 0.29) is 18.1 Å². The quantitative estimate of drug-likeness (QED) is 0.813. The highest BCUT2D eigenvalue weighted by Crippen LogP contribution is 2.27. The molecule has 0 atom stereocenters. The first kappa shape index (κ1) is 16.3. The number of carboxylic acids is 1. The number of hydrogen-bond acceptors (Lipinski definition) is 5. The Morgan fingerprint density at radius 1 is 1.32 bits per heavy atom. The van der Waals surface area contributed by atoms with Crippen LogP contribution in [0.1, 0.15) is 49.9 Å². The molecule has 6 heteroatoms. The fourth-order valence-electron chi connectivity index (χ4n) is 2.64. The molecule has 2 rings (SSSR count). The average molecular weight is 306 g/mol. The zero-order valence-electron chi connectivity index (χ0n) is 12.9. The van der Waals surface area contributed by atoms with Crippen molar-refractivity contribution in [1.29, 1.82) is 0 Å². The van der Waals surface area contributed by atoms with E-state index < -0.39 is 11.9 Å². The molecular formula is C16H22N2O4. The van der Waals surface area contributed by atoms with Crippen molar-refractivity contribution >= 4 is 17.8 Å². The molecule has 1 saturated carbocycles. The van der Waals surface area contributed by atoms with Crippen molar-refractivity contribution in [1.82, 2.24) is 4.98 Å². The van der Waals surface area contributed by atoms with Gasteiger partial charge in [-0.2, -0.15) is 0 Å². The smallest absolute Gasteiger partial charge is 0.342 e. The van der Waals surface area contributed by atoms with Gasteiger partial charge in [0.25, 0.3) is 0 Å². The van der Waals surface area contributed by atoms with Crippen LogP contribution in [0.5, 0.6) is 0 Å². The Balaban J connectivity index is 2.02. The Bertz CT molecular complexity index is 537. The summed E-state index contributed by atoms with van der Waals surface area (Å²) in [6.07, 6.45) is 4.24. The molecule has 0 aliphatic heterocycles. The van der Waals surface area contributed by atoms with Crippen LogP contribution < -0.4 is 5.32 Å². The lowest BCUT2D eigenvalue weighted by atomic mass is 9.86. The summed E-state index contributed by atoms with van der Waals surface area (Å²) in [6, 6.07) is 3.52. The number of nitrogens with zero attached hydrogens (tertiary/aromatic N) is 1. The fourth-order valence-corrected chi connectivity index (χ4v) is 2.64. The zero-order chi connectivity index (χ0) is 16.1. The molecule has 22 heavy (non-hydrogen) atoms. The van der Waals surface area contributed by atoms with Crippen LogP contribution in [0.4, 0.5) is 5.82 Å². The summed E-state index contributed by atoms with van der Waals surface area (Å²) in [4.78, 5) is 27.3. The van der Waals surface area contributed by atoms with Gasteiger partial charge in [0.05, 0.1) is 12.0 Å². The van der Waals surface area contributed by atoms with Gasteiger partial charge in [-0.15, -0.1) is 0 Å². The number of carbonyl (C=O) groups excluding carboxylic acids is 1. The van der Waals surface area contributed by atoms with E-state index in [2.05, 4.69) is 10.3 Å². The molecule has 1 aliphatic rings. The molecule has 0 saturated heterocycles. The molecule has 1 fully saturated rings. The van der Waals surface area contributed by atoms with Gasteiger partial charge in [0, 0.05) is 12.2 Å². The standard InChI is InChI=1S/C16H22N2O4/c1-10(2)22-16(21)13-4-3-9-17-14(13)18-12-7-5-11(6-8-12)15(19)20/h3-4,9-12H,5-8H2,1-2H3,(H,17,18)(H,19,20). The summed E-state index contributed by atoms with van der Waals surface area (Å²) in [5, 5.41) is 12.3. The van der Waals surface area contributed by atoms with Gasteiger partial charge in [-0.25, -0.2) is 9.78 Å². The SMILES string of the molecule is CC(C)OC(=O)c1cccnc1NC1CCC(C(=O)O)CC1. The molecule has 1 aromatic heterocycles. The minimum atomic E-state index is -0.725.